The topological polar surface area (TPSA) is 91.2 Å². The Bertz CT molecular complexity index is 3150. The molecule has 0 spiro atoms. The summed E-state index contributed by atoms with van der Waals surface area (Å²) in [6, 6.07) is 64.8. The fraction of sp³-hybridized carbons (Fsp3) is 0. The van der Waals surface area contributed by atoms with E-state index in [1.54, 1.807) is 12.1 Å². The van der Waals surface area contributed by atoms with Gasteiger partial charge in [0, 0.05) is 38.7 Å². The fourth-order valence-corrected chi connectivity index (χ4v) is 7.83. The van der Waals surface area contributed by atoms with Gasteiger partial charge in [0.2, 0.25) is 0 Å². The fourth-order valence-electron chi connectivity index (χ4n) is 7.83. The normalized spacial score (nSPS) is 11.1. The zero-order valence-electron chi connectivity index (χ0n) is 32.0. The summed E-state index contributed by atoms with van der Waals surface area (Å²) in [5, 5.41) is 20.9. The smallest absolute Gasteiger partial charge is 0.164 e. The van der Waals surface area contributed by atoms with Crippen molar-refractivity contribution in [3.05, 3.63) is 205 Å². The summed E-state index contributed by atoms with van der Waals surface area (Å²) < 4.78 is 18.0. The minimum atomic E-state index is -0.352. The zero-order valence-corrected chi connectivity index (χ0v) is 32.0. The maximum atomic E-state index is 15.8. The van der Waals surface area contributed by atoms with Gasteiger partial charge in [-0.25, -0.2) is 19.3 Å². The molecular formula is C53H31FN6. The number of nitrogens with zero attached hydrogens (tertiary/aromatic N) is 6. The Labute approximate surface area is 345 Å². The first kappa shape index (κ1) is 35.9. The molecule has 0 saturated heterocycles. The highest BCUT2D eigenvalue weighted by Gasteiger charge is 2.21. The Hall–Kier alpha value is -8.52. The molecule has 2 aromatic heterocycles. The van der Waals surface area contributed by atoms with Gasteiger partial charge in [0.15, 0.2) is 17.5 Å². The molecule has 0 aliphatic heterocycles. The first-order chi connectivity index (χ1) is 29.5. The summed E-state index contributed by atoms with van der Waals surface area (Å²) in [6.07, 6.45) is 0. The average molecular weight is 771 g/mol. The second-order valence-corrected chi connectivity index (χ2v) is 14.4. The van der Waals surface area contributed by atoms with Crippen molar-refractivity contribution in [1.29, 1.82) is 10.5 Å². The summed E-state index contributed by atoms with van der Waals surface area (Å²) in [7, 11) is 0. The minimum Gasteiger partial charge on any atom is -0.309 e. The summed E-state index contributed by atoms with van der Waals surface area (Å²) in [4.78, 5) is 15.1. The lowest BCUT2D eigenvalue weighted by atomic mass is 9.97. The van der Waals surface area contributed by atoms with Crippen molar-refractivity contribution in [2.45, 2.75) is 0 Å². The van der Waals surface area contributed by atoms with Crippen LogP contribution in [-0.4, -0.2) is 19.5 Å². The predicted octanol–water partition coefficient (Wildman–Crippen LogP) is 12.9. The van der Waals surface area contributed by atoms with Crippen LogP contribution in [0.3, 0.4) is 0 Å². The van der Waals surface area contributed by atoms with E-state index in [2.05, 4.69) is 53.1 Å². The van der Waals surface area contributed by atoms with Gasteiger partial charge in [0.05, 0.1) is 34.3 Å². The van der Waals surface area contributed by atoms with Crippen molar-refractivity contribution in [2.24, 2.45) is 0 Å². The second kappa shape index (κ2) is 15.1. The molecule has 0 unspecified atom stereocenters. The van der Waals surface area contributed by atoms with Crippen LogP contribution in [0.4, 0.5) is 4.39 Å². The van der Waals surface area contributed by atoms with Gasteiger partial charge in [-0.15, -0.1) is 0 Å². The number of nitriles is 2. The predicted molar refractivity (Wildman–Crippen MR) is 236 cm³/mol. The molecule has 0 fully saturated rings. The van der Waals surface area contributed by atoms with Gasteiger partial charge in [-0.1, -0.05) is 121 Å². The molecule has 0 N–H and O–H groups in total. The van der Waals surface area contributed by atoms with Gasteiger partial charge in [-0.3, -0.25) is 0 Å². The lowest BCUT2D eigenvalue weighted by Crippen LogP contribution is -2.03. The van der Waals surface area contributed by atoms with Crippen molar-refractivity contribution in [3.8, 4) is 85.4 Å². The Morgan fingerprint density at radius 3 is 1.35 bits per heavy atom. The largest absolute Gasteiger partial charge is 0.309 e. The Kier molecular flexibility index (Phi) is 9.02. The molecule has 7 heteroatoms. The number of benzene rings is 8. The molecular weight excluding hydrogens is 740 g/mol. The van der Waals surface area contributed by atoms with Gasteiger partial charge in [-0.05, 0) is 94.5 Å². The van der Waals surface area contributed by atoms with Gasteiger partial charge in [-0.2, -0.15) is 10.5 Å². The van der Waals surface area contributed by atoms with Crippen LogP contribution in [0.2, 0.25) is 0 Å². The Morgan fingerprint density at radius 2 is 0.850 bits per heavy atom. The van der Waals surface area contributed by atoms with E-state index in [4.69, 9.17) is 15.0 Å². The van der Waals surface area contributed by atoms with Crippen molar-refractivity contribution in [1.82, 2.24) is 19.5 Å². The molecule has 0 aliphatic carbocycles. The maximum absolute atomic E-state index is 15.8. The van der Waals surface area contributed by atoms with Crippen LogP contribution < -0.4 is 0 Å². The molecule has 6 nitrogen and oxygen atoms in total. The van der Waals surface area contributed by atoms with Gasteiger partial charge in [0.1, 0.15) is 5.82 Å². The van der Waals surface area contributed by atoms with Crippen molar-refractivity contribution in [3.63, 3.8) is 0 Å². The van der Waals surface area contributed by atoms with E-state index < -0.39 is 0 Å². The molecule has 0 aliphatic rings. The number of aromatic nitrogens is 4. The van der Waals surface area contributed by atoms with Crippen LogP contribution in [-0.2, 0) is 0 Å². The molecule has 0 amide bonds. The first-order valence-electron chi connectivity index (χ1n) is 19.4. The minimum absolute atomic E-state index is 0.352. The highest BCUT2D eigenvalue weighted by Crippen LogP contribution is 2.40. The summed E-state index contributed by atoms with van der Waals surface area (Å²) in [5.41, 5.74) is 11.4. The maximum Gasteiger partial charge on any atom is 0.164 e. The second-order valence-electron chi connectivity index (χ2n) is 14.4. The molecule has 60 heavy (non-hydrogen) atoms. The van der Waals surface area contributed by atoms with Crippen LogP contribution >= 0.6 is 0 Å². The molecule has 280 valence electrons. The zero-order chi connectivity index (χ0) is 40.6. The highest BCUT2D eigenvalue weighted by atomic mass is 19.1. The molecule has 0 radical (unpaired) electrons. The molecule has 2 heterocycles. The van der Waals surface area contributed by atoms with Crippen LogP contribution in [0.5, 0.6) is 0 Å². The monoisotopic (exact) mass is 770 g/mol. The lowest BCUT2D eigenvalue weighted by Gasteiger charge is -2.16. The number of halogens is 1. The third kappa shape index (κ3) is 6.53. The van der Waals surface area contributed by atoms with Crippen molar-refractivity contribution < 1.29 is 4.39 Å². The van der Waals surface area contributed by atoms with Gasteiger partial charge in [0.25, 0.3) is 0 Å². The lowest BCUT2D eigenvalue weighted by molar-refractivity contribution is 0.631. The van der Waals surface area contributed by atoms with E-state index in [9.17, 15) is 10.5 Å². The number of fused-ring (bicyclic) bond motifs is 3. The van der Waals surface area contributed by atoms with E-state index in [1.807, 2.05) is 133 Å². The summed E-state index contributed by atoms with van der Waals surface area (Å²) in [5.74, 6) is 1.07. The highest BCUT2D eigenvalue weighted by molar-refractivity contribution is 6.12. The van der Waals surface area contributed by atoms with E-state index in [1.165, 1.54) is 6.07 Å². The molecule has 8 aromatic carbocycles. The number of hydrogen-bond donors (Lipinski definition) is 0. The summed E-state index contributed by atoms with van der Waals surface area (Å²) >= 11 is 0. The van der Waals surface area contributed by atoms with Crippen molar-refractivity contribution >= 4 is 21.8 Å². The van der Waals surface area contributed by atoms with E-state index in [0.29, 0.717) is 45.3 Å². The van der Waals surface area contributed by atoms with Crippen LogP contribution in [0.1, 0.15) is 11.1 Å². The average Bonchev–Trinajstić information content (AvgIpc) is 3.65. The molecule has 0 saturated carbocycles. The third-order valence-electron chi connectivity index (χ3n) is 10.8. The number of rotatable bonds is 7. The first-order valence-corrected chi connectivity index (χ1v) is 19.4. The van der Waals surface area contributed by atoms with Crippen LogP contribution in [0.25, 0.3) is 95.0 Å². The van der Waals surface area contributed by atoms with E-state index >= 15 is 4.39 Å². The van der Waals surface area contributed by atoms with Gasteiger partial charge < -0.3 is 4.57 Å². The molecule has 10 aromatic rings. The quantitative estimate of drug-likeness (QED) is 0.161. The van der Waals surface area contributed by atoms with Crippen LogP contribution in [0.15, 0.2) is 188 Å². The molecule has 0 bridgehead atoms. The standard InChI is InChI=1S/C53H31FN6/c54-48-14-8-7-13-44(48)43-26-25-42(31-47(43)53-58-51(38-9-3-1-4-10-38)57-52(59-53)39-11-5-2-6-12-39)60-49-27-23-40(36-19-15-34(32-55)16-20-36)29-45(49)46-30-41(24-28-50(46)60)37-21-17-35(33-56)18-22-37/h1-31H. The Balaban J connectivity index is 1.23. The van der Waals surface area contributed by atoms with E-state index in [-0.39, 0.29) is 5.82 Å². The molecule has 10 rings (SSSR count). The van der Waals surface area contributed by atoms with Crippen molar-refractivity contribution in [2.75, 3.05) is 0 Å². The van der Waals surface area contributed by atoms with Gasteiger partial charge >= 0.3 is 0 Å². The third-order valence-corrected chi connectivity index (χ3v) is 10.8. The number of hydrogen-bond acceptors (Lipinski definition) is 5. The Morgan fingerprint density at radius 1 is 0.383 bits per heavy atom. The van der Waals surface area contributed by atoms with Crippen LogP contribution in [0, 0.1) is 28.5 Å². The molecule has 0 atom stereocenters. The summed E-state index contributed by atoms with van der Waals surface area (Å²) in [6.45, 7) is 0. The van der Waals surface area contributed by atoms with E-state index in [0.717, 1.165) is 60.9 Å². The SMILES string of the molecule is N#Cc1ccc(-c2ccc3c(c2)c2cc(-c4ccc(C#N)cc4)ccc2n3-c2ccc(-c3ccccc3F)c(-c3nc(-c4ccccc4)nc(-c4ccccc4)n3)c2)cc1.